The lowest BCUT2D eigenvalue weighted by Crippen LogP contribution is -2.04. The molecule has 0 aromatic carbocycles. The molecule has 0 saturated carbocycles. The second kappa shape index (κ2) is 6.38. The minimum absolute atomic E-state index is 0.347. The van der Waals surface area contributed by atoms with Gasteiger partial charge in [-0.1, -0.05) is 13.3 Å². The monoisotopic (exact) mass is 291 g/mol. The lowest BCUT2D eigenvalue weighted by Gasteiger charge is -2.11. The van der Waals surface area contributed by atoms with E-state index in [1.807, 2.05) is 7.05 Å². The molecule has 5 N–H and O–H groups in total. The predicted molar refractivity (Wildman–Crippen MR) is 80.6 cm³/mol. The molecule has 0 unspecified atom stereocenters. The summed E-state index contributed by atoms with van der Waals surface area (Å²) in [5, 5.41) is 4.38. The van der Waals surface area contributed by atoms with E-state index in [0.29, 0.717) is 16.8 Å². The van der Waals surface area contributed by atoms with Crippen molar-refractivity contribution < 1.29 is 0 Å². The van der Waals surface area contributed by atoms with Crippen LogP contribution in [0.3, 0.4) is 0 Å². The van der Waals surface area contributed by atoms with Crippen molar-refractivity contribution in [2.75, 3.05) is 23.8 Å². The first-order valence-corrected chi connectivity index (χ1v) is 7.05. The lowest BCUT2D eigenvalue weighted by molar-refractivity contribution is 0.855. The molecule has 0 fully saturated rings. The van der Waals surface area contributed by atoms with E-state index in [4.69, 9.17) is 11.5 Å². The quantitative estimate of drug-likeness (QED) is 0.561. The maximum absolute atomic E-state index is 5.68. The van der Waals surface area contributed by atoms with E-state index in [0.717, 1.165) is 29.2 Å². The van der Waals surface area contributed by atoms with Gasteiger partial charge in [-0.15, -0.1) is 0 Å². The summed E-state index contributed by atoms with van der Waals surface area (Å²) in [6.07, 6.45) is 3.38. The Labute approximate surface area is 121 Å². The van der Waals surface area contributed by atoms with Crippen molar-refractivity contribution in [3.63, 3.8) is 0 Å². The van der Waals surface area contributed by atoms with Gasteiger partial charge in [0.2, 0.25) is 0 Å². The van der Waals surface area contributed by atoms with E-state index in [-0.39, 0.29) is 0 Å². The smallest absolute Gasteiger partial charge is 0.197 e. The molecule has 0 aliphatic rings. The number of nitrogens with two attached hydrogens (primary N) is 2. The van der Waals surface area contributed by atoms with Gasteiger partial charge in [-0.05, 0) is 18.2 Å². The molecular weight excluding hydrogens is 274 g/mol. The summed E-state index contributed by atoms with van der Waals surface area (Å²) in [5.41, 5.74) is 12.4. The maximum atomic E-state index is 5.68. The maximum Gasteiger partial charge on any atom is 0.197 e. The fourth-order valence-electron chi connectivity index (χ4n) is 1.77. The molecule has 0 aliphatic carbocycles. The zero-order chi connectivity index (χ0) is 14.5. The Morgan fingerprint density at radius 2 is 1.90 bits per heavy atom. The van der Waals surface area contributed by atoms with Crippen LogP contribution in [0, 0.1) is 0 Å². The molecule has 2 aromatic heterocycles. The molecule has 8 heteroatoms. The third-order valence-corrected chi connectivity index (χ3v) is 3.49. The van der Waals surface area contributed by atoms with Crippen molar-refractivity contribution in [2.24, 2.45) is 0 Å². The van der Waals surface area contributed by atoms with Gasteiger partial charge in [-0.2, -0.15) is 0 Å². The molecule has 0 aliphatic heterocycles. The molecule has 0 bridgehead atoms. The van der Waals surface area contributed by atoms with E-state index in [1.165, 1.54) is 24.2 Å². The van der Waals surface area contributed by atoms with Gasteiger partial charge in [0.1, 0.15) is 28.8 Å². The third kappa shape index (κ3) is 3.27. The summed E-state index contributed by atoms with van der Waals surface area (Å²) in [5.74, 6) is 1.51. The highest BCUT2D eigenvalue weighted by atomic mass is 32.2. The Balaban J connectivity index is 2.37. The molecule has 7 nitrogen and oxygen atoms in total. The Bertz CT molecular complexity index is 582. The third-order valence-electron chi connectivity index (χ3n) is 2.58. The molecule has 20 heavy (non-hydrogen) atoms. The second-order valence-corrected chi connectivity index (χ2v) is 5.06. The molecule has 0 saturated heterocycles. The number of rotatable bonds is 5. The minimum atomic E-state index is 0.347. The standard InChI is InChI=1S/C12H17N7S/c1-3-4-7-10(15-2)16-6-17-11(7)20-12-18-8(13)5-9(14)19-12/h5-6H,3-4H2,1-2H3,(H,15,16,17)(H4,13,14,18,19). The zero-order valence-corrected chi connectivity index (χ0v) is 12.2. The molecular formula is C12H17N7S. The number of nitrogens with one attached hydrogen (secondary N) is 1. The number of hydrogen-bond acceptors (Lipinski definition) is 8. The summed E-state index contributed by atoms with van der Waals surface area (Å²) in [7, 11) is 1.84. The summed E-state index contributed by atoms with van der Waals surface area (Å²) >= 11 is 1.34. The van der Waals surface area contributed by atoms with E-state index in [9.17, 15) is 0 Å². The largest absolute Gasteiger partial charge is 0.383 e. The van der Waals surface area contributed by atoms with Crippen LogP contribution in [0.4, 0.5) is 17.5 Å². The Hall–Kier alpha value is -2.09. The molecule has 2 aromatic rings. The number of nitrogens with zero attached hydrogens (tertiary/aromatic N) is 4. The fourth-order valence-corrected chi connectivity index (χ4v) is 2.67. The van der Waals surface area contributed by atoms with Crippen molar-refractivity contribution in [1.29, 1.82) is 0 Å². The topological polar surface area (TPSA) is 116 Å². The SMILES string of the molecule is CCCc1c(NC)ncnc1Sc1nc(N)cc(N)n1. The van der Waals surface area contributed by atoms with Gasteiger partial charge in [0.25, 0.3) is 0 Å². The number of hydrogen-bond donors (Lipinski definition) is 3. The molecule has 106 valence electrons. The van der Waals surface area contributed by atoms with Gasteiger partial charge in [-0.25, -0.2) is 19.9 Å². The van der Waals surface area contributed by atoms with E-state index in [1.54, 1.807) is 0 Å². The molecule has 0 atom stereocenters. The van der Waals surface area contributed by atoms with E-state index < -0.39 is 0 Å². The highest BCUT2D eigenvalue weighted by Gasteiger charge is 2.13. The van der Waals surface area contributed by atoms with Crippen molar-refractivity contribution >= 4 is 29.2 Å². The van der Waals surface area contributed by atoms with Crippen molar-refractivity contribution in [3.8, 4) is 0 Å². The van der Waals surface area contributed by atoms with Crippen LogP contribution in [-0.4, -0.2) is 27.0 Å². The number of nitrogen functional groups attached to an aromatic ring is 2. The van der Waals surface area contributed by atoms with Gasteiger partial charge >= 0.3 is 0 Å². The first-order chi connectivity index (χ1) is 9.63. The number of anilines is 3. The van der Waals surface area contributed by atoms with Crippen molar-refractivity contribution in [2.45, 2.75) is 29.9 Å². The van der Waals surface area contributed by atoms with Crippen LogP contribution in [0.5, 0.6) is 0 Å². The van der Waals surface area contributed by atoms with Gasteiger partial charge < -0.3 is 16.8 Å². The van der Waals surface area contributed by atoms with Crippen LogP contribution in [0.1, 0.15) is 18.9 Å². The first kappa shape index (κ1) is 14.3. The molecule has 0 amide bonds. The van der Waals surface area contributed by atoms with E-state index >= 15 is 0 Å². The average Bonchev–Trinajstić information content (AvgIpc) is 2.39. The van der Waals surface area contributed by atoms with E-state index in [2.05, 4.69) is 32.2 Å². The Morgan fingerprint density at radius 1 is 1.20 bits per heavy atom. The van der Waals surface area contributed by atoms with Crippen LogP contribution in [0.2, 0.25) is 0 Å². The van der Waals surface area contributed by atoms with Gasteiger partial charge in [0.05, 0.1) is 0 Å². The number of aromatic nitrogens is 4. The summed E-state index contributed by atoms with van der Waals surface area (Å²) in [4.78, 5) is 16.8. The minimum Gasteiger partial charge on any atom is -0.383 e. The predicted octanol–water partition coefficient (Wildman–Crippen LogP) is 1.58. The zero-order valence-electron chi connectivity index (χ0n) is 11.4. The van der Waals surface area contributed by atoms with Crippen molar-refractivity contribution in [1.82, 2.24) is 19.9 Å². The lowest BCUT2D eigenvalue weighted by atomic mass is 10.2. The summed E-state index contributed by atoms with van der Waals surface area (Å²) in [6.45, 7) is 2.11. The normalized spacial score (nSPS) is 10.5. The summed E-state index contributed by atoms with van der Waals surface area (Å²) in [6, 6.07) is 1.52. The van der Waals surface area contributed by atoms with Crippen LogP contribution >= 0.6 is 11.8 Å². The fraction of sp³-hybridized carbons (Fsp3) is 0.333. The molecule has 2 rings (SSSR count). The van der Waals surface area contributed by atoms with Gasteiger partial charge in [0, 0.05) is 18.7 Å². The molecule has 0 radical (unpaired) electrons. The average molecular weight is 291 g/mol. The molecule has 2 heterocycles. The highest BCUT2D eigenvalue weighted by Crippen LogP contribution is 2.30. The first-order valence-electron chi connectivity index (χ1n) is 6.23. The van der Waals surface area contributed by atoms with Crippen LogP contribution in [-0.2, 0) is 6.42 Å². The molecule has 0 spiro atoms. The van der Waals surface area contributed by atoms with Crippen LogP contribution < -0.4 is 16.8 Å². The Morgan fingerprint density at radius 3 is 2.50 bits per heavy atom. The van der Waals surface area contributed by atoms with Gasteiger partial charge in [-0.3, -0.25) is 0 Å². The van der Waals surface area contributed by atoms with Crippen LogP contribution in [0.15, 0.2) is 22.6 Å². The van der Waals surface area contributed by atoms with Crippen LogP contribution in [0.25, 0.3) is 0 Å². The Kier molecular flexibility index (Phi) is 4.57. The van der Waals surface area contributed by atoms with Gasteiger partial charge in [0.15, 0.2) is 5.16 Å². The second-order valence-electron chi connectivity index (χ2n) is 4.11. The highest BCUT2D eigenvalue weighted by molar-refractivity contribution is 7.99. The summed E-state index contributed by atoms with van der Waals surface area (Å²) < 4.78 is 0. The van der Waals surface area contributed by atoms with Crippen molar-refractivity contribution in [3.05, 3.63) is 18.0 Å².